The van der Waals surface area contributed by atoms with Gasteiger partial charge in [0.2, 0.25) is 0 Å². The van der Waals surface area contributed by atoms with E-state index in [4.69, 9.17) is 14.2 Å². The maximum atomic E-state index is 13.6. The predicted molar refractivity (Wildman–Crippen MR) is 129 cm³/mol. The van der Waals surface area contributed by atoms with Gasteiger partial charge in [0.25, 0.3) is 6.43 Å². The Hall–Kier alpha value is -3.19. The summed E-state index contributed by atoms with van der Waals surface area (Å²) >= 11 is 0. The third-order valence-corrected chi connectivity index (χ3v) is 6.88. The Morgan fingerprint density at radius 2 is 1.77 bits per heavy atom. The third kappa shape index (κ3) is 5.40. The molecule has 0 unspecified atom stereocenters. The molecule has 0 radical (unpaired) electrons. The van der Waals surface area contributed by atoms with E-state index in [-0.39, 0.29) is 42.3 Å². The van der Waals surface area contributed by atoms with Crippen LogP contribution in [0.3, 0.4) is 0 Å². The van der Waals surface area contributed by atoms with Crippen molar-refractivity contribution in [2.24, 2.45) is 5.41 Å². The van der Waals surface area contributed by atoms with E-state index in [9.17, 15) is 18.7 Å². The van der Waals surface area contributed by atoms with E-state index in [0.717, 1.165) is 16.3 Å². The van der Waals surface area contributed by atoms with Crippen molar-refractivity contribution in [1.29, 1.82) is 0 Å². The first-order valence-electron chi connectivity index (χ1n) is 11.7. The Morgan fingerprint density at radius 3 is 2.46 bits per heavy atom. The van der Waals surface area contributed by atoms with Gasteiger partial charge in [0.05, 0.1) is 30.8 Å². The summed E-state index contributed by atoms with van der Waals surface area (Å²) in [5.74, 6) is -0.0264. The number of carbonyl (C=O) groups is 1. The second-order valence-electron chi connectivity index (χ2n) is 9.25. The molecule has 0 bridgehead atoms. The molecule has 1 fully saturated rings. The van der Waals surface area contributed by atoms with Crippen LogP contribution in [0.25, 0.3) is 10.8 Å². The second kappa shape index (κ2) is 10.6. The molecule has 1 aliphatic carbocycles. The van der Waals surface area contributed by atoms with E-state index < -0.39 is 11.8 Å². The van der Waals surface area contributed by atoms with Crippen LogP contribution in [0.15, 0.2) is 54.6 Å². The molecule has 0 heterocycles. The minimum absolute atomic E-state index is 0.0389. The number of rotatable bonds is 8. The Balaban J connectivity index is 1.39. The number of esters is 1. The van der Waals surface area contributed by atoms with Gasteiger partial charge in [-0.1, -0.05) is 42.5 Å². The van der Waals surface area contributed by atoms with Gasteiger partial charge < -0.3 is 19.3 Å². The van der Waals surface area contributed by atoms with E-state index in [1.54, 1.807) is 0 Å². The Bertz CT molecular complexity index is 1180. The monoisotopic (exact) mass is 484 g/mol. The summed E-state index contributed by atoms with van der Waals surface area (Å²) < 4.78 is 44.0. The van der Waals surface area contributed by atoms with Crippen molar-refractivity contribution in [2.45, 2.75) is 58.4 Å². The van der Waals surface area contributed by atoms with E-state index in [2.05, 4.69) is 0 Å². The first-order chi connectivity index (χ1) is 16.8. The number of halogens is 2. The minimum atomic E-state index is -2.75. The number of benzene rings is 3. The second-order valence-corrected chi connectivity index (χ2v) is 9.25. The van der Waals surface area contributed by atoms with Gasteiger partial charge in [0.15, 0.2) is 0 Å². The van der Waals surface area contributed by atoms with Gasteiger partial charge in [-0.05, 0) is 61.1 Å². The average Bonchev–Trinajstić information content (AvgIpc) is 2.88. The molecule has 4 rings (SSSR count). The molecular weight excluding hydrogens is 454 g/mol. The molecule has 0 atom stereocenters. The summed E-state index contributed by atoms with van der Waals surface area (Å²) in [6.45, 7) is 1.73. The van der Waals surface area contributed by atoms with Crippen LogP contribution >= 0.6 is 0 Å². The van der Waals surface area contributed by atoms with Crippen LogP contribution in [-0.2, 0) is 22.7 Å². The van der Waals surface area contributed by atoms with E-state index in [0.29, 0.717) is 31.2 Å². The Morgan fingerprint density at radius 1 is 1.06 bits per heavy atom. The number of alkyl halides is 2. The number of fused-ring (bicyclic) bond motifs is 1. The highest BCUT2D eigenvalue weighted by Crippen LogP contribution is 2.41. The van der Waals surface area contributed by atoms with Crippen LogP contribution in [0, 0.1) is 5.41 Å². The van der Waals surface area contributed by atoms with Crippen LogP contribution in [0.5, 0.6) is 11.5 Å². The standard InChI is InChI=1S/C28H30F2O5/c1-28(27(32)34-17-19-8-5-7-18-6-3-4-9-22(18)19)12-10-21(11-13-28)35-25-14-20(16-31)24(33-2)15-23(25)26(29)30/h3-9,14-15,21,26,31H,10-13,16-17H2,1-2H3/t21-,28+. The van der Waals surface area contributed by atoms with E-state index in [1.165, 1.54) is 19.2 Å². The van der Waals surface area contributed by atoms with Gasteiger partial charge in [-0.3, -0.25) is 4.79 Å². The lowest BCUT2D eigenvalue weighted by molar-refractivity contribution is -0.159. The van der Waals surface area contributed by atoms with Gasteiger partial charge in [-0.2, -0.15) is 0 Å². The minimum Gasteiger partial charge on any atom is -0.496 e. The lowest BCUT2D eigenvalue weighted by atomic mass is 9.74. The summed E-state index contributed by atoms with van der Waals surface area (Å²) in [5, 5.41) is 11.7. The van der Waals surface area contributed by atoms with Crippen molar-refractivity contribution >= 4 is 16.7 Å². The molecule has 1 aliphatic rings. The van der Waals surface area contributed by atoms with Gasteiger partial charge in [-0.15, -0.1) is 0 Å². The number of aliphatic hydroxyl groups excluding tert-OH is 1. The summed E-state index contributed by atoms with van der Waals surface area (Å²) in [6.07, 6.45) is -0.944. The fourth-order valence-corrected chi connectivity index (χ4v) is 4.67. The highest BCUT2D eigenvalue weighted by Gasteiger charge is 2.40. The van der Waals surface area contributed by atoms with E-state index >= 15 is 0 Å². The molecule has 3 aromatic rings. The lowest BCUT2D eigenvalue weighted by Gasteiger charge is -2.35. The van der Waals surface area contributed by atoms with Crippen LogP contribution in [0.4, 0.5) is 8.78 Å². The summed E-state index contributed by atoms with van der Waals surface area (Å²) in [4.78, 5) is 13.0. The van der Waals surface area contributed by atoms with Crippen molar-refractivity contribution in [2.75, 3.05) is 7.11 Å². The zero-order valence-corrected chi connectivity index (χ0v) is 19.9. The molecule has 1 saturated carbocycles. The Labute approximate surface area is 203 Å². The largest absolute Gasteiger partial charge is 0.496 e. The molecule has 3 aromatic carbocycles. The summed E-state index contributed by atoms with van der Waals surface area (Å²) in [7, 11) is 1.37. The molecule has 1 N–H and O–H groups in total. The zero-order valence-electron chi connectivity index (χ0n) is 19.9. The van der Waals surface area contributed by atoms with E-state index in [1.807, 2.05) is 49.4 Å². The number of ether oxygens (including phenoxy) is 3. The molecule has 0 amide bonds. The smallest absolute Gasteiger partial charge is 0.312 e. The fourth-order valence-electron chi connectivity index (χ4n) is 4.67. The molecule has 0 aliphatic heterocycles. The van der Waals surface area contributed by atoms with Gasteiger partial charge in [0, 0.05) is 5.56 Å². The van der Waals surface area contributed by atoms with Crippen molar-refractivity contribution in [1.82, 2.24) is 0 Å². The first kappa shape index (κ1) is 24.9. The molecule has 0 aromatic heterocycles. The maximum Gasteiger partial charge on any atom is 0.312 e. The molecule has 186 valence electrons. The van der Waals surface area contributed by atoms with Crippen molar-refractivity contribution in [3.63, 3.8) is 0 Å². The zero-order chi connectivity index (χ0) is 25.0. The molecule has 5 nitrogen and oxygen atoms in total. The van der Waals surface area contributed by atoms with Crippen molar-refractivity contribution < 1.29 is 32.9 Å². The highest BCUT2D eigenvalue weighted by molar-refractivity contribution is 5.86. The van der Waals surface area contributed by atoms with Crippen molar-refractivity contribution in [3.8, 4) is 11.5 Å². The number of methoxy groups -OCH3 is 1. The number of hydrogen-bond acceptors (Lipinski definition) is 5. The lowest BCUT2D eigenvalue weighted by Crippen LogP contribution is -2.37. The maximum absolute atomic E-state index is 13.6. The first-order valence-corrected chi connectivity index (χ1v) is 11.7. The highest BCUT2D eigenvalue weighted by atomic mass is 19.3. The Kier molecular flexibility index (Phi) is 7.55. The molecular formula is C28H30F2O5. The average molecular weight is 485 g/mol. The van der Waals surface area contributed by atoms with Crippen LogP contribution < -0.4 is 9.47 Å². The van der Waals surface area contributed by atoms with Crippen molar-refractivity contribution in [3.05, 3.63) is 71.3 Å². The van der Waals surface area contributed by atoms with Crippen LogP contribution in [0.2, 0.25) is 0 Å². The molecule has 0 saturated heterocycles. The summed E-state index contributed by atoms with van der Waals surface area (Å²) in [6, 6.07) is 16.5. The topological polar surface area (TPSA) is 65.0 Å². The number of hydrogen-bond donors (Lipinski definition) is 1. The van der Waals surface area contributed by atoms with Gasteiger partial charge in [0.1, 0.15) is 18.1 Å². The van der Waals surface area contributed by atoms with Gasteiger partial charge in [-0.25, -0.2) is 8.78 Å². The SMILES string of the molecule is COc1cc(C(F)F)c(O[C@H]2CC[C@@](C)(C(=O)OCc3cccc4ccccc34)CC2)cc1CO. The van der Waals surface area contributed by atoms with Gasteiger partial charge >= 0.3 is 5.97 Å². The number of aliphatic hydroxyl groups is 1. The molecule has 35 heavy (non-hydrogen) atoms. The third-order valence-electron chi connectivity index (χ3n) is 6.88. The number of carbonyl (C=O) groups excluding carboxylic acids is 1. The summed E-state index contributed by atoms with van der Waals surface area (Å²) in [5.41, 5.74) is 0.397. The molecule has 0 spiro atoms. The van der Waals surface area contributed by atoms with Crippen LogP contribution in [0.1, 0.15) is 55.7 Å². The fraction of sp³-hybridized carbons (Fsp3) is 0.393. The quantitative estimate of drug-likeness (QED) is 0.378. The predicted octanol–water partition coefficient (Wildman–Crippen LogP) is 6.35. The normalized spacial score (nSPS) is 20.1. The van der Waals surface area contributed by atoms with Crippen LogP contribution in [-0.4, -0.2) is 24.3 Å². The molecule has 7 heteroatoms.